The molecule has 2 aromatic rings. The van der Waals surface area contributed by atoms with E-state index in [2.05, 4.69) is 0 Å². The molecule has 1 heterocycles. The highest BCUT2D eigenvalue weighted by Gasteiger charge is 2.37. The number of hydroxylamine groups is 2. The van der Waals surface area contributed by atoms with Crippen LogP contribution in [0.5, 0.6) is 0 Å². The third-order valence-electron chi connectivity index (χ3n) is 4.38. The second-order valence-electron chi connectivity index (χ2n) is 6.47. The van der Waals surface area contributed by atoms with Gasteiger partial charge in [-0.1, -0.05) is 12.1 Å². The van der Waals surface area contributed by atoms with Crippen LogP contribution in [0.15, 0.2) is 42.5 Å². The predicted octanol–water partition coefficient (Wildman–Crippen LogP) is 5.37. The van der Waals surface area contributed by atoms with Crippen molar-refractivity contribution < 1.29 is 40.3 Å². The summed E-state index contributed by atoms with van der Waals surface area (Å²) in [7, 11) is 0. The maximum absolute atomic E-state index is 13.1. The predicted molar refractivity (Wildman–Crippen MR) is 87.9 cm³/mol. The minimum absolute atomic E-state index is 0.0690. The number of ether oxygens (including phenoxy) is 1. The average Bonchev–Trinajstić information content (AvgIpc) is 2.66. The Hall–Kier alpha value is -2.17. The molecule has 0 saturated carbocycles. The van der Waals surface area contributed by atoms with Gasteiger partial charge in [0, 0.05) is 6.54 Å². The maximum atomic E-state index is 13.1. The van der Waals surface area contributed by atoms with E-state index in [1.165, 1.54) is 29.3 Å². The zero-order valence-corrected chi connectivity index (χ0v) is 14.9. The number of halogens is 7. The number of nitrogens with zero attached hydrogens (tertiary/aromatic N) is 1. The van der Waals surface area contributed by atoms with Crippen molar-refractivity contribution in [2.75, 3.05) is 19.8 Å². The Morgan fingerprint density at radius 1 is 0.931 bits per heavy atom. The number of morpholine rings is 1. The smallest absolute Gasteiger partial charge is 0.378 e. The zero-order valence-electron chi connectivity index (χ0n) is 14.9. The minimum Gasteiger partial charge on any atom is -0.378 e. The summed E-state index contributed by atoms with van der Waals surface area (Å²) in [5.74, 6) is -0.443. The molecule has 0 amide bonds. The molecule has 1 saturated heterocycles. The number of rotatable bonds is 4. The van der Waals surface area contributed by atoms with Crippen LogP contribution in [0.4, 0.5) is 30.7 Å². The Morgan fingerprint density at radius 2 is 1.52 bits per heavy atom. The SMILES string of the molecule is Fc1ccc([C@H]2COCCN2OCc2cc(C(F)(F)F)cc(C(F)(F)F)c2)cc1. The van der Waals surface area contributed by atoms with Crippen molar-refractivity contribution >= 4 is 0 Å². The highest BCUT2D eigenvalue weighted by molar-refractivity contribution is 5.33. The van der Waals surface area contributed by atoms with Crippen LogP contribution in [0.2, 0.25) is 0 Å². The number of alkyl halides is 6. The van der Waals surface area contributed by atoms with Crippen LogP contribution >= 0.6 is 0 Å². The van der Waals surface area contributed by atoms with Crippen LogP contribution in [0.25, 0.3) is 0 Å². The van der Waals surface area contributed by atoms with Gasteiger partial charge in [-0.15, -0.1) is 0 Å². The monoisotopic (exact) mass is 423 g/mol. The summed E-state index contributed by atoms with van der Waals surface area (Å²) in [6.45, 7) is 0.202. The molecule has 0 aliphatic carbocycles. The fraction of sp³-hybridized carbons (Fsp3) is 0.368. The van der Waals surface area contributed by atoms with Gasteiger partial charge in [-0.05, 0) is 41.5 Å². The molecular weight excluding hydrogens is 407 g/mol. The van der Waals surface area contributed by atoms with Gasteiger partial charge in [0.25, 0.3) is 0 Å². The van der Waals surface area contributed by atoms with Gasteiger partial charge >= 0.3 is 12.4 Å². The number of hydrogen-bond donors (Lipinski definition) is 0. The van der Waals surface area contributed by atoms with Crippen molar-refractivity contribution in [3.8, 4) is 0 Å². The largest absolute Gasteiger partial charge is 0.416 e. The third kappa shape index (κ3) is 5.46. The van der Waals surface area contributed by atoms with Crippen molar-refractivity contribution in [2.24, 2.45) is 0 Å². The first-order chi connectivity index (χ1) is 13.5. The average molecular weight is 423 g/mol. The van der Waals surface area contributed by atoms with Crippen molar-refractivity contribution in [1.82, 2.24) is 5.06 Å². The zero-order chi connectivity index (χ0) is 21.2. The Kier molecular flexibility index (Phi) is 6.16. The van der Waals surface area contributed by atoms with Gasteiger partial charge in [0.15, 0.2) is 0 Å². The van der Waals surface area contributed by atoms with Gasteiger partial charge in [0.05, 0.1) is 37.0 Å². The topological polar surface area (TPSA) is 21.7 Å². The van der Waals surface area contributed by atoms with Crippen molar-refractivity contribution in [3.63, 3.8) is 0 Å². The first-order valence-electron chi connectivity index (χ1n) is 8.55. The van der Waals surface area contributed by atoms with E-state index in [9.17, 15) is 30.7 Å². The quantitative estimate of drug-likeness (QED) is 0.618. The van der Waals surface area contributed by atoms with Gasteiger partial charge in [0.2, 0.25) is 0 Å². The van der Waals surface area contributed by atoms with E-state index in [1.54, 1.807) is 0 Å². The lowest BCUT2D eigenvalue weighted by molar-refractivity contribution is -0.235. The number of benzene rings is 2. The number of hydrogen-bond acceptors (Lipinski definition) is 3. The van der Waals surface area contributed by atoms with Gasteiger partial charge < -0.3 is 4.74 Å². The lowest BCUT2D eigenvalue weighted by Crippen LogP contribution is -2.39. The molecule has 1 fully saturated rings. The molecule has 1 aliphatic rings. The molecule has 0 N–H and O–H groups in total. The van der Waals surface area contributed by atoms with Crippen LogP contribution in [0.1, 0.15) is 28.3 Å². The van der Waals surface area contributed by atoms with E-state index in [4.69, 9.17) is 9.57 Å². The van der Waals surface area contributed by atoms with E-state index in [0.717, 1.165) is 0 Å². The van der Waals surface area contributed by atoms with E-state index in [0.29, 0.717) is 17.7 Å². The summed E-state index contributed by atoms with van der Waals surface area (Å²) in [4.78, 5) is 5.53. The summed E-state index contributed by atoms with van der Waals surface area (Å²) in [5, 5.41) is 1.42. The molecule has 0 aromatic heterocycles. The summed E-state index contributed by atoms with van der Waals surface area (Å²) in [5.41, 5.74) is -2.42. The third-order valence-corrected chi connectivity index (χ3v) is 4.38. The standard InChI is InChI=1S/C19H16F7NO2/c20-16-3-1-13(2-4-16)17-11-28-6-5-27(17)29-10-12-7-14(18(21,22)23)9-15(8-12)19(24,25)26/h1-4,7-9,17H,5-6,10-11H2/t17-/m1/s1. The summed E-state index contributed by atoms with van der Waals surface area (Å²) in [6, 6.07) is 6.35. The Balaban J connectivity index is 1.80. The lowest BCUT2D eigenvalue weighted by atomic mass is 10.1. The molecule has 158 valence electrons. The molecule has 2 aromatic carbocycles. The van der Waals surface area contributed by atoms with E-state index < -0.39 is 41.9 Å². The molecule has 0 spiro atoms. The molecule has 0 bridgehead atoms. The molecule has 0 unspecified atom stereocenters. The molecule has 3 rings (SSSR count). The second-order valence-corrected chi connectivity index (χ2v) is 6.47. The minimum atomic E-state index is -4.92. The van der Waals surface area contributed by atoms with Gasteiger partial charge in [-0.2, -0.15) is 31.4 Å². The normalized spacial score (nSPS) is 18.8. The summed E-state index contributed by atoms with van der Waals surface area (Å²) in [6.07, 6.45) is -9.85. The van der Waals surface area contributed by atoms with E-state index >= 15 is 0 Å². The highest BCUT2D eigenvalue weighted by Crippen LogP contribution is 2.36. The first-order valence-corrected chi connectivity index (χ1v) is 8.55. The summed E-state index contributed by atoms with van der Waals surface area (Å²) >= 11 is 0. The Bertz CT molecular complexity index is 802. The molecule has 1 atom stereocenters. The van der Waals surface area contributed by atoms with Crippen LogP contribution in [-0.2, 0) is 28.5 Å². The second kappa shape index (κ2) is 8.29. The van der Waals surface area contributed by atoms with Crippen molar-refractivity contribution in [2.45, 2.75) is 25.0 Å². The van der Waals surface area contributed by atoms with Gasteiger partial charge in [-0.25, -0.2) is 4.39 Å². The maximum Gasteiger partial charge on any atom is 0.416 e. The fourth-order valence-corrected chi connectivity index (χ4v) is 2.95. The first kappa shape index (κ1) is 21.5. The van der Waals surface area contributed by atoms with Gasteiger partial charge in [-0.3, -0.25) is 4.84 Å². The van der Waals surface area contributed by atoms with Crippen LogP contribution in [-0.4, -0.2) is 24.8 Å². The van der Waals surface area contributed by atoms with Crippen molar-refractivity contribution in [3.05, 3.63) is 70.5 Å². The van der Waals surface area contributed by atoms with E-state index in [-0.39, 0.29) is 31.4 Å². The highest BCUT2D eigenvalue weighted by atomic mass is 19.4. The van der Waals surface area contributed by atoms with E-state index in [1.807, 2.05) is 0 Å². The molecule has 0 radical (unpaired) electrons. The van der Waals surface area contributed by atoms with Gasteiger partial charge in [0.1, 0.15) is 5.82 Å². The molecule has 10 heteroatoms. The Morgan fingerprint density at radius 3 is 2.07 bits per heavy atom. The van der Waals surface area contributed by atoms with Crippen LogP contribution < -0.4 is 0 Å². The fourth-order valence-electron chi connectivity index (χ4n) is 2.95. The Labute approximate surface area is 161 Å². The molecule has 29 heavy (non-hydrogen) atoms. The van der Waals surface area contributed by atoms with Crippen LogP contribution in [0, 0.1) is 5.82 Å². The van der Waals surface area contributed by atoms with Crippen molar-refractivity contribution in [1.29, 1.82) is 0 Å². The molecular formula is C19H16F7NO2. The molecule has 3 nitrogen and oxygen atoms in total. The summed E-state index contributed by atoms with van der Waals surface area (Å²) < 4.78 is 96.4. The lowest BCUT2D eigenvalue weighted by Gasteiger charge is -2.34. The molecule has 1 aliphatic heterocycles. The van der Waals surface area contributed by atoms with Crippen LogP contribution in [0.3, 0.4) is 0 Å².